The largest absolute Gasteiger partial charge is 1.00 e. The number of rotatable bonds is 24. The normalized spacial score (nSPS) is 15.8. The number of ketones is 1. The number of hydrogen-bond acceptors (Lipinski definition) is 8. The number of likely N-dealkylation sites (N-methyl/N-ethyl adjacent to an activating group) is 1. The highest BCUT2D eigenvalue weighted by Gasteiger charge is 2.39. The Morgan fingerprint density at radius 1 is 0.879 bits per heavy atom. The standard InChI is InChI=1S/C38H59N3O2.C6H8O7.CH4.BrH/c1-7-26-41(8-2,29-34(42)28-35-30(3)19-17-20-31(35)4)27-16-12-10-9-11-14-24-40-25-15-13-23-36(40)38(43)39-37-32(5)21-18-22-33(37)6;7-3-13-2-6(12,5(10)11)1-4(8)9;;/h17-22,36H,7-16,23-29H2,1-6H3;3,12H,1-2H2,(H,8,9)(H,10,11);1H4;1H/t36-,41?;;;/m1.../s1. The van der Waals surface area contributed by atoms with Crippen molar-refractivity contribution in [2.75, 3.05) is 51.2 Å². The quantitative estimate of drug-likeness (QED) is 0.0682. The Morgan fingerprint density at radius 3 is 1.98 bits per heavy atom. The summed E-state index contributed by atoms with van der Waals surface area (Å²) in [4.78, 5) is 59.1. The van der Waals surface area contributed by atoms with Crippen LogP contribution in [0.4, 0.5) is 5.69 Å². The summed E-state index contributed by atoms with van der Waals surface area (Å²) in [6, 6.07) is 12.5. The van der Waals surface area contributed by atoms with Crippen LogP contribution in [0.3, 0.4) is 0 Å². The molecule has 12 nitrogen and oxygen atoms in total. The first kappa shape index (κ1) is 54.3. The van der Waals surface area contributed by atoms with Gasteiger partial charge in [0.25, 0.3) is 6.47 Å². The number of unbranched alkanes of at least 4 members (excludes halogenated alkanes) is 5. The van der Waals surface area contributed by atoms with Crippen LogP contribution in [0.1, 0.15) is 120 Å². The second kappa shape index (κ2) is 27.9. The number of carbonyl (C=O) groups is 5. The van der Waals surface area contributed by atoms with Gasteiger partial charge in [-0.05, 0) is 114 Å². The lowest BCUT2D eigenvalue weighted by atomic mass is 9.97. The van der Waals surface area contributed by atoms with Crippen LogP contribution in [0.15, 0.2) is 36.4 Å². The van der Waals surface area contributed by atoms with Gasteiger partial charge in [0.2, 0.25) is 11.5 Å². The average molecular weight is 879 g/mol. The van der Waals surface area contributed by atoms with Crippen molar-refractivity contribution in [3.05, 3.63) is 64.2 Å². The second-order valence-electron chi connectivity index (χ2n) is 15.6. The number of halogens is 1. The number of carboxylic acids is 2. The van der Waals surface area contributed by atoms with Gasteiger partial charge in [0, 0.05) is 12.1 Å². The van der Waals surface area contributed by atoms with E-state index in [9.17, 15) is 24.0 Å². The molecule has 1 fully saturated rings. The van der Waals surface area contributed by atoms with Crippen LogP contribution in [0.25, 0.3) is 0 Å². The highest BCUT2D eigenvalue weighted by molar-refractivity contribution is 5.96. The van der Waals surface area contributed by atoms with Crippen molar-refractivity contribution in [3.8, 4) is 0 Å². The van der Waals surface area contributed by atoms with Gasteiger partial charge in [-0.25, -0.2) is 4.79 Å². The zero-order valence-corrected chi connectivity index (χ0v) is 36.7. The number of benzene rings is 2. The molecule has 0 aliphatic carbocycles. The number of carboxylic acid groups (broad SMARTS) is 2. The smallest absolute Gasteiger partial charge is 0.339 e. The number of piperidine rings is 1. The van der Waals surface area contributed by atoms with E-state index in [2.05, 4.69) is 86.8 Å². The molecule has 1 saturated heterocycles. The van der Waals surface area contributed by atoms with Crippen LogP contribution in [0, 0.1) is 27.7 Å². The summed E-state index contributed by atoms with van der Waals surface area (Å²) in [5.41, 5.74) is 4.36. The fraction of sp³-hybridized carbons (Fsp3) is 0.622. The third-order valence-corrected chi connectivity index (χ3v) is 11.1. The third kappa shape index (κ3) is 18.1. The number of para-hydroxylation sites is 1. The minimum atomic E-state index is -2.56. The maximum atomic E-state index is 13.3. The number of aliphatic hydroxyl groups is 1. The average Bonchev–Trinajstić information content (AvgIpc) is 3.15. The van der Waals surface area contributed by atoms with E-state index in [1.165, 1.54) is 55.2 Å². The first-order valence-corrected chi connectivity index (χ1v) is 20.4. The maximum Gasteiger partial charge on any atom is 0.339 e. The number of nitrogens with one attached hydrogen (secondary N) is 1. The highest BCUT2D eigenvalue weighted by atomic mass is 79.9. The van der Waals surface area contributed by atoms with Crippen LogP contribution >= 0.6 is 0 Å². The summed E-state index contributed by atoms with van der Waals surface area (Å²) in [6.07, 6.45) is 11.2. The summed E-state index contributed by atoms with van der Waals surface area (Å²) >= 11 is 0. The first-order valence-electron chi connectivity index (χ1n) is 20.4. The van der Waals surface area contributed by atoms with Crippen molar-refractivity contribution in [1.29, 1.82) is 0 Å². The third-order valence-electron chi connectivity index (χ3n) is 11.1. The maximum absolute atomic E-state index is 13.3. The van der Waals surface area contributed by atoms with Crippen LogP contribution in [0.5, 0.6) is 0 Å². The van der Waals surface area contributed by atoms with E-state index in [-0.39, 0.29) is 42.8 Å². The molecule has 1 amide bonds. The van der Waals surface area contributed by atoms with Crippen molar-refractivity contribution >= 4 is 35.8 Å². The molecule has 0 bridgehead atoms. The van der Waals surface area contributed by atoms with Crippen molar-refractivity contribution in [2.45, 2.75) is 138 Å². The Labute approximate surface area is 358 Å². The van der Waals surface area contributed by atoms with Gasteiger partial charge in [0.05, 0.1) is 32.1 Å². The van der Waals surface area contributed by atoms with E-state index < -0.39 is 30.6 Å². The topological polar surface area (TPSA) is 171 Å². The summed E-state index contributed by atoms with van der Waals surface area (Å²) in [5.74, 6) is -2.71. The second-order valence-corrected chi connectivity index (χ2v) is 15.6. The SMILES string of the molecule is C.CCC[N+](CC)(CCCCCCCCN1CCCC[C@@H]1C(=O)Nc1c(C)cccc1C)CC(=O)Cc1c(C)cccc1C.O=COCC(O)(CC(=O)O)C(=O)O.[Br-]. The van der Waals surface area contributed by atoms with Gasteiger partial charge in [-0.1, -0.05) is 76.4 Å². The fourth-order valence-electron chi connectivity index (χ4n) is 7.78. The van der Waals surface area contributed by atoms with Crippen molar-refractivity contribution in [1.82, 2.24) is 4.90 Å². The first-order chi connectivity index (χ1) is 26.6. The van der Waals surface area contributed by atoms with Crippen LogP contribution in [-0.2, 0) is 35.1 Å². The molecule has 13 heteroatoms. The Morgan fingerprint density at radius 2 is 1.45 bits per heavy atom. The molecule has 1 aliphatic rings. The van der Waals surface area contributed by atoms with Crippen LogP contribution in [-0.4, -0.2) is 112 Å². The van der Waals surface area contributed by atoms with Gasteiger partial charge in [0.1, 0.15) is 13.2 Å². The molecule has 3 rings (SSSR count). The predicted molar refractivity (Wildman–Crippen MR) is 225 cm³/mol. The monoisotopic (exact) mass is 877 g/mol. The molecule has 328 valence electrons. The number of anilines is 1. The van der Waals surface area contributed by atoms with E-state index in [1.807, 2.05) is 6.07 Å². The molecule has 2 aromatic rings. The van der Waals surface area contributed by atoms with Crippen molar-refractivity contribution in [2.24, 2.45) is 0 Å². The van der Waals surface area contributed by atoms with E-state index >= 15 is 0 Å². The number of quaternary nitrogens is 1. The molecule has 4 N–H and O–H groups in total. The Kier molecular flexibility index (Phi) is 26.2. The van der Waals surface area contributed by atoms with Gasteiger partial charge < -0.3 is 46.8 Å². The number of carbonyl (C=O) groups excluding carboxylic acids is 3. The van der Waals surface area contributed by atoms with Gasteiger partial charge in [-0.15, -0.1) is 0 Å². The molecule has 2 aromatic carbocycles. The summed E-state index contributed by atoms with van der Waals surface area (Å²) in [7, 11) is 0. The minimum absolute atomic E-state index is 0. The number of likely N-dealkylation sites (tertiary alicyclic amines) is 1. The number of aryl methyl sites for hydroxylation is 4. The lowest BCUT2D eigenvalue weighted by molar-refractivity contribution is -0.919. The van der Waals surface area contributed by atoms with E-state index in [0.29, 0.717) is 18.7 Å². The van der Waals surface area contributed by atoms with E-state index in [4.69, 9.17) is 15.3 Å². The van der Waals surface area contributed by atoms with E-state index in [1.54, 1.807) is 0 Å². The van der Waals surface area contributed by atoms with Crippen molar-refractivity contribution < 1.29 is 65.5 Å². The molecule has 58 heavy (non-hydrogen) atoms. The molecular weight excluding hydrogens is 806 g/mol. The van der Waals surface area contributed by atoms with Crippen molar-refractivity contribution in [3.63, 3.8) is 0 Å². The molecule has 0 saturated carbocycles. The lowest BCUT2D eigenvalue weighted by Crippen LogP contribution is -3.00. The Bertz CT molecular complexity index is 1550. The van der Waals surface area contributed by atoms with Gasteiger partial charge in [-0.2, -0.15) is 0 Å². The number of aliphatic carboxylic acids is 2. The summed E-state index contributed by atoms with van der Waals surface area (Å²) in [5, 5.41) is 29.0. The molecule has 1 heterocycles. The number of nitrogens with zero attached hydrogens (tertiary/aromatic N) is 2. The Hall–Kier alpha value is -3.65. The lowest BCUT2D eigenvalue weighted by Gasteiger charge is -2.37. The molecule has 0 spiro atoms. The van der Waals surface area contributed by atoms with Crippen LogP contribution < -0.4 is 22.3 Å². The number of Topliss-reactive ketones (excluding diaryl/α,β-unsaturated/α-hetero) is 1. The zero-order chi connectivity index (χ0) is 41.7. The molecular formula is C45H72BrN3O9. The van der Waals surface area contributed by atoms with E-state index in [0.717, 1.165) is 79.7 Å². The summed E-state index contributed by atoms with van der Waals surface area (Å²) in [6.45, 7) is 17.9. The number of ether oxygens (including phenoxy) is 1. The summed E-state index contributed by atoms with van der Waals surface area (Å²) < 4.78 is 4.92. The van der Waals surface area contributed by atoms with Gasteiger partial charge in [-0.3, -0.25) is 24.1 Å². The van der Waals surface area contributed by atoms with Crippen LogP contribution in [0.2, 0.25) is 0 Å². The predicted octanol–water partition coefficient (Wildman–Crippen LogP) is 4.20. The molecule has 1 aliphatic heterocycles. The number of hydrogen-bond donors (Lipinski definition) is 4. The minimum Gasteiger partial charge on any atom is -1.00 e. The highest BCUT2D eigenvalue weighted by Crippen LogP contribution is 2.24. The number of amides is 1. The zero-order valence-electron chi connectivity index (χ0n) is 35.1. The van der Waals surface area contributed by atoms with Gasteiger partial charge in [0.15, 0.2) is 5.78 Å². The Balaban J connectivity index is 0.00000186. The molecule has 0 radical (unpaired) electrons. The molecule has 0 aromatic heterocycles. The molecule has 2 unspecified atom stereocenters. The fourth-order valence-corrected chi connectivity index (χ4v) is 7.78. The molecule has 3 atom stereocenters. The van der Waals surface area contributed by atoms with Gasteiger partial charge >= 0.3 is 11.9 Å².